The Kier molecular flexibility index (Phi) is 3.03. The average molecular weight is 240 g/mol. The van der Waals surface area contributed by atoms with Crippen LogP contribution in [0.4, 0.5) is 14.5 Å². The number of nitrogens with one attached hydrogen (secondary N) is 1. The summed E-state index contributed by atoms with van der Waals surface area (Å²) >= 11 is 0. The Labute approximate surface area is 96.2 Å². The minimum absolute atomic E-state index is 0.00657. The second kappa shape index (κ2) is 4.48. The quantitative estimate of drug-likeness (QED) is 0.790. The molecule has 0 bridgehead atoms. The fraction of sp³-hybridized carbons (Fsp3) is 0.273. The van der Waals surface area contributed by atoms with Gasteiger partial charge in [-0.15, -0.1) is 0 Å². The number of nitrogens with zero attached hydrogens (tertiary/aromatic N) is 1. The maximum absolute atomic E-state index is 13.5. The lowest BCUT2D eigenvalue weighted by molar-refractivity contribution is -0.123. The molecule has 2 amide bonds. The summed E-state index contributed by atoms with van der Waals surface area (Å²) < 4.78 is 26.2. The molecule has 1 aromatic carbocycles. The van der Waals surface area contributed by atoms with Gasteiger partial charge >= 0.3 is 0 Å². The van der Waals surface area contributed by atoms with Gasteiger partial charge in [0.15, 0.2) is 0 Å². The van der Waals surface area contributed by atoms with E-state index in [0.29, 0.717) is 6.07 Å². The van der Waals surface area contributed by atoms with Crippen molar-refractivity contribution in [3.63, 3.8) is 0 Å². The molecule has 1 saturated heterocycles. The van der Waals surface area contributed by atoms with Crippen molar-refractivity contribution in [2.24, 2.45) is 0 Å². The topological polar surface area (TPSA) is 49.4 Å². The molecule has 0 atom stereocenters. The molecule has 0 radical (unpaired) electrons. The smallest absolute Gasteiger partial charge is 0.246 e. The molecule has 0 aliphatic carbocycles. The van der Waals surface area contributed by atoms with E-state index in [2.05, 4.69) is 5.32 Å². The van der Waals surface area contributed by atoms with Crippen LogP contribution in [-0.2, 0) is 9.59 Å². The summed E-state index contributed by atoms with van der Waals surface area (Å²) in [7, 11) is 0. The molecule has 1 fully saturated rings. The van der Waals surface area contributed by atoms with Crippen LogP contribution in [0.15, 0.2) is 18.2 Å². The molecule has 17 heavy (non-hydrogen) atoms. The van der Waals surface area contributed by atoms with Gasteiger partial charge in [-0.05, 0) is 12.1 Å². The SMILES string of the molecule is O=C1CCN(c2ccc(F)cc2F)C(=O)CN1. The highest BCUT2D eigenvalue weighted by atomic mass is 19.1. The predicted molar refractivity (Wildman–Crippen MR) is 56.3 cm³/mol. The van der Waals surface area contributed by atoms with Crippen LogP contribution in [0.25, 0.3) is 0 Å². The maximum atomic E-state index is 13.5. The van der Waals surface area contributed by atoms with E-state index >= 15 is 0 Å². The molecule has 4 nitrogen and oxygen atoms in total. The van der Waals surface area contributed by atoms with Gasteiger partial charge in [0.1, 0.15) is 11.6 Å². The van der Waals surface area contributed by atoms with Gasteiger partial charge in [-0.25, -0.2) is 8.78 Å². The number of rotatable bonds is 1. The van der Waals surface area contributed by atoms with Crippen molar-refractivity contribution in [2.45, 2.75) is 6.42 Å². The minimum Gasteiger partial charge on any atom is -0.347 e. The molecule has 90 valence electrons. The second-order valence-corrected chi connectivity index (χ2v) is 3.67. The van der Waals surface area contributed by atoms with E-state index in [-0.39, 0.29) is 31.1 Å². The zero-order chi connectivity index (χ0) is 12.4. The van der Waals surface area contributed by atoms with Crippen molar-refractivity contribution >= 4 is 17.5 Å². The molecule has 1 aliphatic heterocycles. The van der Waals surface area contributed by atoms with E-state index in [4.69, 9.17) is 0 Å². The zero-order valence-electron chi connectivity index (χ0n) is 8.87. The maximum Gasteiger partial charge on any atom is 0.246 e. The summed E-state index contributed by atoms with van der Waals surface area (Å²) in [4.78, 5) is 23.9. The van der Waals surface area contributed by atoms with Gasteiger partial charge in [-0.3, -0.25) is 9.59 Å². The highest BCUT2D eigenvalue weighted by Gasteiger charge is 2.23. The van der Waals surface area contributed by atoms with Crippen LogP contribution in [0, 0.1) is 11.6 Å². The van der Waals surface area contributed by atoms with Crippen molar-refractivity contribution in [3.05, 3.63) is 29.8 Å². The van der Waals surface area contributed by atoms with Gasteiger partial charge in [0, 0.05) is 19.0 Å². The predicted octanol–water partition coefficient (Wildman–Crippen LogP) is 0.818. The van der Waals surface area contributed by atoms with Gasteiger partial charge in [0.2, 0.25) is 11.8 Å². The first kappa shape index (κ1) is 11.5. The summed E-state index contributed by atoms with van der Waals surface area (Å²) in [5, 5.41) is 2.40. The van der Waals surface area contributed by atoms with Crippen molar-refractivity contribution in [3.8, 4) is 0 Å². The number of hydrogen-bond acceptors (Lipinski definition) is 2. The lowest BCUT2D eigenvalue weighted by Gasteiger charge is -2.20. The fourth-order valence-electron chi connectivity index (χ4n) is 1.65. The van der Waals surface area contributed by atoms with E-state index in [0.717, 1.165) is 11.0 Å². The third kappa shape index (κ3) is 2.41. The lowest BCUT2D eigenvalue weighted by atomic mass is 10.2. The Bertz CT molecular complexity index is 477. The lowest BCUT2D eigenvalue weighted by Crippen LogP contribution is -2.35. The summed E-state index contributed by atoms with van der Waals surface area (Å²) in [5.41, 5.74) is -0.00657. The molecule has 2 rings (SSSR count). The molecule has 0 unspecified atom stereocenters. The molecule has 1 N–H and O–H groups in total. The van der Waals surface area contributed by atoms with Crippen LogP contribution < -0.4 is 10.2 Å². The molecule has 1 aromatic rings. The van der Waals surface area contributed by atoms with Crippen LogP contribution in [0.2, 0.25) is 0 Å². The van der Waals surface area contributed by atoms with Crippen molar-refractivity contribution in [2.75, 3.05) is 18.0 Å². The molecule has 6 heteroatoms. The van der Waals surface area contributed by atoms with Crippen molar-refractivity contribution < 1.29 is 18.4 Å². The zero-order valence-corrected chi connectivity index (χ0v) is 8.87. The van der Waals surface area contributed by atoms with Crippen molar-refractivity contribution in [1.82, 2.24) is 5.32 Å². The Balaban J connectivity index is 2.31. The van der Waals surface area contributed by atoms with E-state index in [1.165, 1.54) is 6.07 Å². The van der Waals surface area contributed by atoms with Crippen LogP contribution in [0.3, 0.4) is 0 Å². The Morgan fingerprint density at radius 2 is 2.00 bits per heavy atom. The first-order valence-electron chi connectivity index (χ1n) is 5.10. The van der Waals surface area contributed by atoms with Gasteiger partial charge < -0.3 is 10.2 Å². The number of halogens is 2. The van der Waals surface area contributed by atoms with E-state index in [1.807, 2.05) is 0 Å². The summed E-state index contributed by atoms with van der Waals surface area (Å²) in [6.45, 7) is -0.0805. The average Bonchev–Trinajstić information content (AvgIpc) is 2.43. The standard InChI is InChI=1S/C11H10F2N2O2/c12-7-1-2-9(8(13)5-7)15-4-3-10(16)14-6-11(15)17/h1-2,5H,3-4,6H2,(H,14,16). The number of benzene rings is 1. The molecule has 0 aromatic heterocycles. The molecular weight excluding hydrogens is 230 g/mol. The first-order chi connectivity index (χ1) is 8.08. The molecule has 0 saturated carbocycles. The Morgan fingerprint density at radius 3 is 2.71 bits per heavy atom. The van der Waals surface area contributed by atoms with Gasteiger partial charge in [-0.1, -0.05) is 0 Å². The minimum atomic E-state index is -0.812. The number of anilines is 1. The van der Waals surface area contributed by atoms with Crippen LogP contribution in [0.1, 0.15) is 6.42 Å². The normalized spacial score (nSPS) is 16.7. The summed E-state index contributed by atoms with van der Waals surface area (Å²) in [6.07, 6.45) is 0.0998. The van der Waals surface area contributed by atoms with E-state index in [9.17, 15) is 18.4 Å². The number of carbonyl (C=O) groups is 2. The van der Waals surface area contributed by atoms with E-state index < -0.39 is 17.5 Å². The third-order valence-corrected chi connectivity index (χ3v) is 2.50. The van der Waals surface area contributed by atoms with Gasteiger partial charge in [0.05, 0.1) is 12.2 Å². The molecular formula is C11H10F2N2O2. The Morgan fingerprint density at radius 1 is 1.24 bits per heavy atom. The second-order valence-electron chi connectivity index (χ2n) is 3.67. The van der Waals surface area contributed by atoms with Gasteiger partial charge in [0.25, 0.3) is 0 Å². The van der Waals surface area contributed by atoms with Crippen molar-refractivity contribution in [1.29, 1.82) is 0 Å². The largest absolute Gasteiger partial charge is 0.347 e. The summed E-state index contributed by atoms with van der Waals surface area (Å²) in [6, 6.07) is 2.98. The highest BCUT2D eigenvalue weighted by molar-refractivity contribution is 5.98. The summed E-state index contributed by atoms with van der Waals surface area (Å²) in [5.74, 6) is -2.19. The molecule has 1 aliphatic rings. The first-order valence-corrected chi connectivity index (χ1v) is 5.10. The van der Waals surface area contributed by atoms with Gasteiger partial charge in [-0.2, -0.15) is 0 Å². The fourth-order valence-corrected chi connectivity index (χ4v) is 1.65. The number of carbonyl (C=O) groups excluding carboxylic acids is 2. The molecule has 1 heterocycles. The van der Waals surface area contributed by atoms with Crippen LogP contribution in [-0.4, -0.2) is 24.9 Å². The van der Waals surface area contributed by atoms with Crippen LogP contribution >= 0.6 is 0 Å². The molecule has 0 spiro atoms. The Hall–Kier alpha value is -1.98. The van der Waals surface area contributed by atoms with Crippen LogP contribution in [0.5, 0.6) is 0 Å². The highest BCUT2D eigenvalue weighted by Crippen LogP contribution is 2.21. The van der Waals surface area contributed by atoms with E-state index in [1.54, 1.807) is 0 Å². The monoisotopic (exact) mass is 240 g/mol. The third-order valence-electron chi connectivity index (χ3n) is 2.50. The number of amides is 2. The number of hydrogen-bond donors (Lipinski definition) is 1.